The summed E-state index contributed by atoms with van der Waals surface area (Å²) in [5, 5.41) is 6.29. The molecule has 0 spiro atoms. The minimum Gasteiger partial charge on any atom is -0.373 e. The molecule has 25 heavy (non-hydrogen) atoms. The van der Waals surface area contributed by atoms with Gasteiger partial charge in [-0.3, -0.25) is 4.90 Å². The summed E-state index contributed by atoms with van der Waals surface area (Å²) in [6, 6.07) is 9.20. The van der Waals surface area contributed by atoms with Gasteiger partial charge in [-0.25, -0.2) is 4.79 Å². The Balaban J connectivity index is 1.19. The Morgan fingerprint density at radius 3 is 2.72 bits per heavy atom. The van der Waals surface area contributed by atoms with Gasteiger partial charge in [0, 0.05) is 25.7 Å². The number of ether oxygens (including phenoxy) is 1. The molecule has 3 aliphatic rings. The number of hydrogen-bond donors (Lipinski definition) is 2. The predicted molar refractivity (Wildman–Crippen MR) is 97.4 cm³/mol. The minimum absolute atomic E-state index is 0.0155. The van der Waals surface area contributed by atoms with Crippen LogP contribution in [0.3, 0.4) is 0 Å². The molecular formula is C20H29N3O2. The van der Waals surface area contributed by atoms with Crippen molar-refractivity contribution >= 4 is 6.03 Å². The van der Waals surface area contributed by atoms with Gasteiger partial charge in [0.05, 0.1) is 18.2 Å². The van der Waals surface area contributed by atoms with E-state index in [1.807, 2.05) is 0 Å². The van der Waals surface area contributed by atoms with E-state index in [9.17, 15) is 4.79 Å². The van der Waals surface area contributed by atoms with Crippen molar-refractivity contribution in [2.24, 2.45) is 0 Å². The van der Waals surface area contributed by atoms with Gasteiger partial charge in [0.2, 0.25) is 0 Å². The van der Waals surface area contributed by atoms with Gasteiger partial charge >= 0.3 is 6.03 Å². The Morgan fingerprint density at radius 1 is 1.20 bits per heavy atom. The van der Waals surface area contributed by atoms with Crippen molar-refractivity contribution in [1.82, 2.24) is 15.5 Å². The highest BCUT2D eigenvalue weighted by atomic mass is 16.5. The number of amides is 2. The van der Waals surface area contributed by atoms with E-state index in [0.717, 1.165) is 51.7 Å². The van der Waals surface area contributed by atoms with Crippen molar-refractivity contribution < 1.29 is 9.53 Å². The Hall–Kier alpha value is -1.59. The summed E-state index contributed by atoms with van der Waals surface area (Å²) in [5.41, 5.74) is 2.69. The van der Waals surface area contributed by atoms with Crippen LogP contribution >= 0.6 is 0 Å². The number of benzene rings is 1. The van der Waals surface area contributed by atoms with Gasteiger partial charge in [-0.2, -0.15) is 0 Å². The highest BCUT2D eigenvalue weighted by Gasteiger charge is 2.41. The molecule has 3 aliphatic heterocycles. The van der Waals surface area contributed by atoms with Gasteiger partial charge < -0.3 is 15.4 Å². The van der Waals surface area contributed by atoms with Crippen molar-refractivity contribution in [3.8, 4) is 0 Å². The lowest BCUT2D eigenvalue weighted by Gasteiger charge is -2.33. The first-order valence-electron chi connectivity index (χ1n) is 9.66. The minimum atomic E-state index is -0.0155. The van der Waals surface area contributed by atoms with E-state index in [2.05, 4.69) is 46.7 Å². The number of piperidine rings is 1. The molecule has 4 rings (SSSR count). The zero-order chi connectivity index (χ0) is 17.2. The van der Waals surface area contributed by atoms with E-state index in [0.29, 0.717) is 6.10 Å². The first-order chi connectivity index (χ1) is 12.2. The lowest BCUT2D eigenvalue weighted by Crippen LogP contribution is -2.51. The standard InChI is InChI=1S/C20H29N3O2/c1-14-3-2-4-15(11-14)13-23-9-7-16(8-10-23)21-20(24)22-18-12-17-5-6-19(18)25-17/h2-4,11,16-19H,5-10,12-13H2,1H3,(H2,21,22,24). The van der Waals surface area contributed by atoms with Crippen LogP contribution in [0.2, 0.25) is 0 Å². The van der Waals surface area contributed by atoms with Crippen molar-refractivity contribution in [1.29, 1.82) is 0 Å². The summed E-state index contributed by atoms with van der Waals surface area (Å²) < 4.78 is 5.81. The van der Waals surface area contributed by atoms with Crippen LogP contribution in [-0.2, 0) is 11.3 Å². The molecule has 3 heterocycles. The van der Waals surface area contributed by atoms with Crippen molar-refractivity contribution in [3.63, 3.8) is 0 Å². The number of aryl methyl sites for hydroxylation is 1. The van der Waals surface area contributed by atoms with E-state index in [4.69, 9.17) is 4.74 Å². The zero-order valence-electron chi connectivity index (χ0n) is 15.0. The van der Waals surface area contributed by atoms with E-state index in [1.54, 1.807) is 0 Å². The fourth-order valence-corrected chi connectivity index (χ4v) is 4.49. The molecule has 0 aromatic heterocycles. The number of carbonyl (C=O) groups is 1. The number of fused-ring (bicyclic) bond motifs is 2. The van der Waals surface area contributed by atoms with Gasteiger partial charge in [0.1, 0.15) is 0 Å². The monoisotopic (exact) mass is 343 g/mol. The largest absolute Gasteiger partial charge is 0.373 e. The van der Waals surface area contributed by atoms with Crippen LogP contribution in [-0.4, -0.2) is 48.3 Å². The number of likely N-dealkylation sites (tertiary alicyclic amines) is 1. The quantitative estimate of drug-likeness (QED) is 0.883. The maximum Gasteiger partial charge on any atom is 0.315 e. The Kier molecular flexibility index (Phi) is 4.95. The Bertz CT molecular complexity index is 613. The maximum absolute atomic E-state index is 12.3. The van der Waals surface area contributed by atoms with Gasteiger partial charge in [-0.1, -0.05) is 29.8 Å². The molecule has 3 atom stereocenters. The molecule has 1 aromatic carbocycles. The number of rotatable bonds is 4. The summed E-state index contributed by atoms with van der Waals surface area (Å²) in [6.07, 6.45) is 5.88. The lowest BCUT2D eigenvalue weighted by atomic mass is 9.96. The van der Waals surface area contributed by atoms with Gasteiger partial charge in [0.15, 0.2) is 0 Å². The molecule has 3 fully saturated rings. The number of nitrogens with one attached hydrogen (secondary N) is 2. The lowest BCUT2D eigenvalue weighted by molar-refractivity contribution is 0.0979. The summed E-state index contributed by atoms with van der Waals surface area (Å²) in [7, 11) is 0. The van der Waals surface area contributed by atoms with Crippen molar-refractivity contribution in [2.75, 3.05) is 13.1 Å². The third-order valence-electron chi connectivity index (χ3n) is 5.83. The van der Waals surface area contributed by atoms with Gasteiger partial charge in [0.25, 0.3) is 0 Å². The topological polar surface area (TPSA) is 53.6 Å². The van der Waals surface area contributed by atoms with Crippen LogP contribution in [0.25, 0.3) is 0 Å². The molecule has 136 valence electrons. The van der Waals surface area contributed by atoms with Crippen LogP contribution in [0.1, 0.15) is 43.2 Å². The average Bonchev–Trinajstić information content (AvgIpc) is 3.19. The molecule has 0 aliphatic carbocycles. The molecule has 2 bridgehead atoms. The third kappa shape index (κ3) is 4.15. The fourth-order valence-electron chi connectivity index (χ4n) is 4.49. The molecule has 5 heteroatoms. The van der Waals surface area contributed by atoms with Gasteiger partial charge in [-0.05, 0) is 44.6 Å². The molecule has 2 amide bonds. The highest BCUT2D eigenvalue weighted by Crippen LogP contribution is 2.34. The summed E-state index contributed by atoms with van der Waals surface area (Å²) >= 11 is 0. The molecule has 1 aromatic rings. The Labute approximate surface area is 150 Å². The second-order valence-electron chi connectivity index (χ2n) is 7.87. The molecule has 0 saturated carbocycles. The summed E-state index contributed by atoms with van der Waals surface area (Å²) in [4.78, 5) is 14.7. The molecule has 3 unspecified atom stereocenters. The average molecular weight is 343 g/mol. The Morgan fingerprint density at radius 2 is 2.04 bits per heavy atom. The van der Waals surface area contributed by atoms with Crippen molar-refractivity contribution in [3.05, 3.63) is 35.4 Å². The van der Waals surface area contributed by atoms with E-state index in [-0.39, 0.29) is 24.2 Å². The fraction of sp³-hybridized carbons (Fsp3) is 0.650. The van der Waals surface area contributed by atoms with Gasteiger partial charge in [-0.15, -0.1) is 0 Å². The predicted octanol–water partition coefficient (Wildman–Crippen LogP) is 2.58. The normalized spacial score (nSPS) is 29.7. The van der Waals surface area contributed by atoms with E-state index >= 15 is 0 Å². The van der Waals surface area contributed by atoms with E-state index in [1.165, 1.54) is 11.1 Å². The maximum atomic E-state index is 12.3. The number of nitrogens with zero attached hydrogens (tertiary/aromatic N) is 1. The third-order valence-corrected chi connectivity index (χ3v) is 5.83. The molecule has 2 N–H and O–H groups in total. The second kappa shape index (κ2) is 7.34. The first kappa shape index (κ1) is 16.9. The molecule has 0 radical (unpaired) electrons. The summed E-state index contributed by atoms with van der Waals surface area (Å²) in [5.74, 6) is 0. The van der Waals surface area contributed by atoms with Crippen LogP contribution < -0.4 is 10.6 Å². The van der Waals surface area contributed by atoms with E-state index < -0.39 is 0 Å². The molecule has 5 nitrogen and oxygen atoms in total. The van der Waals surface area contributed by atoms with Crippen LogP contribution in [0.15, 0.2) is 24.3 Å². The SMILES string of the molecule is Cc1cccc(CN2CCC(NC(=O)NC3CC4CCC3O4)CC2)c1. The smallest absolute Gasteiger partial charge is 0.315 e. The molecule has 3 saturated heterocycles. The number of hydrogen-bond acceptors (Lipinski definition) is 3. The number of carbonyl (C=O) groups excluding carboxylic acids is 1. The van der Waals surface area contributed by atoms with Crippen LogP contribution in [0, 0.1) is 6.92 Å². The zero-order valence-corrected chi connectivity index (χ0v) is 15.0. The summed E-state index contributed by atoms with van der Waals surface area (Å²) in [6.45, 7) is 5.22. The number of urea groups is 1. The highest BCUT2D eigenvalue weighted by molar-refractivity contribution is 5.74. The molecular weight excluding hydrogens is 314 g/mol. The van der Waals surface area contributed by atoms with Crippen LogP contribution in [0.4, 0.5) is 4.79 Å². The second-order valence-corrected chi connectivity index (χ2v) is 7.87. The van der Waals surface area contributed by atoms with Crippen molar-refractivity contribution in [2.45, 2.75) is 69.9 Å². The first-order valence-corrected chi connectivity index (χ1v) is 9.66. The van der Waals surface area contributed by atoms with Crippen LogP contribution in [0.5, 0.6) is 0 Å².